The van der Waals surface area contributed by atoms with Crippen molar-refractivity contribution >= 4 is 34.6 Å². The van der Waals surface area contributed by atoms with Crippen LogP contribution < -0.4 is 9.88 Å². The van der Waals surface area contributed by atoms with Crippen molar-refractivity contribution in [1.29, 1.82) is 0 Å². The minimum Gasteiger partial charge on any atom is -0.431 e. The molecule has 3 heterocycles. The summed E-state index contributed by atoms with van der Waals surface area (Å²) in [4.78, 5) is 24.2. The van der Waals surface area contributed by atoms with Gasteiger partial charge in [0.05, 0.1) is 25.0 Å². The van der Waals surface area contributed by atoms with Crippen molar-refractivity contribution in [3.63, 3.8) is 0 Å². The van der Waals surface area contributed by atoms with E-state index in [2.05, 4.69) is 20.9 Å². The third-order valence-corrected chi connectivity index (χ3v) is 5.07. The van der Waals surface area contributed by atoms with Gasteiger partial charge in [-0.25, -0.2) is 9.97 Å². The van der Waals surface area contributed by atoms with E-state index in [1.165, 1.54) is 11.8 Å². The van der Waals surface area contributed by atoms with E-state index in [1.54, 1.807) is 0 Å². The Bertz CT molecular complexity index is 827. The van der Waals surface area contributed by atoms with Crippen LogP contribution in [0.4, 0.5) is 5.82 Å². The SMILES string of the molecule is O=C(CSc1nc2ccccc2o1)N1CCN(c2cccc[nH+]2)CC1. The number of aromatic nitrogens is 2. The van der Waals surface area contributed by atoms with Crippen LogP contribution in [0, 0.1) is 0 Å². The maximum absolute atomic E-state index is 12.4. The van der Waals surface area contributed by atoms with Gasteiger partial charge in [-0.3, -0.25) is 9.69 Å². The second-order valence-electron chi connectivity index (χ2n) is 5.85. The molecule has 2 aromatic heterocycles. The molecule has 0 spiro atoms. The quantitative estimate of drug-likeness (QED) is 0.671. The van der Waals surface area contributed by atoms with Gasteiger partial charge < -0.3 is 9.32 Å². The Labute approximate surface area is 149 Å². The van der Waals surface area contributed by atoms with Crippen LogP contribution in [-0.4, -0.2) is 47.7 Å². The first-order valence-corrected chi connectivity index (χ1v) is 9.26. The van der Waals surface area contributed by atoms with Gasteiger partial charge in [-0.15, -0.1) is 0 Å². The maximum Gasteiger partial charge on any atom is 0.274 e. The lowest BCUT2D eigenvalue weighted by atomic mass is 10.3. The summed E-state index contributed by atoms with van der Waals surface area (Å²) in [6.45, 7) is 3.13. The Morgan fingerprint density at radius 2 is 1.92 bits per heavy atom. The van der Waals surface area contributed by atoms with E-state index in [4.69, 9.17) is 4.42 Å². The molecule has 0 radical (unpaired) electrons. The number of benzene rings is 1. The summed E-state index contributed by atoms with van der Waals surface area (Å²) < 4.78 is 5.65. The zero-order chi connectivity index (χ0) is 17.1. The number of hydrogen-bond donors (Lipinski definition) is 0. The van der Waals surface area contributed by atoms with Crippen molar-refractivity contribution in [2.45, 2.75) is 5.22 Å². The van der Waals surface area contributed by atoms with Crippen molar-refractivity contribution in [3.8, 4) is 0 Å². The number of thioether (sulfide) groups is 1. The molecule has 7 heteroatoms. The average Bonchev–Trinajstić information content (AvgIpc) is 3.10. The molecule has 3 aromatic rings. The standard InChI is InChI=1S/C18H18N4O2S/c23-17(13-25-18-20-14-5-1-2-6-15(14)24-18)22-11-9-21(10-12-22)16-7-3-4-8-19-16/h1-8H,9-13H2/p+1. The number of rotatable bonds is 4. The average molecular weight is 355 g/mol. The fourth-order valence-corrected chi connectivity index (χ4v) is 3.65. The predicted molar refractivity (Wildman–Crippen MR) is 96.5 cm³/mol. The van der Waals surface area contributed by atoms with E-state index >= 15 is 0 Å². The summed E-state index contributed by atoms with van der Waals surface area (Å²) in [6.07, 6.45) is 1.92. The fourth-order valence-electron chi connectivity index (χ4n) is 2.90. The van der Waals surface area contributed by atoms with Crippen LogP contribution in [0.25, 0.3) is 11.1 Å². The third-order valence-electron chi connectivity index (χ3n) is 4.26. The van der Waals surface area contributed by atoms with Gasteiger partial charge in [0.25, 0.3) is 11.0 Å². The predicted octanol–water partition coefficient (Wildman–Crippen LogP) is 2.08. The normalized spacial score (nSPS) is 14.9. The Morgan fingerprint density at radius 1 is 1.12 bits per heavy atom. The number of pyridine rings is 1. The monoisotopic (exact) mass is 355 g/mol. The van der Waals surface area contributed by atoms with E-state index in [1.807, 2.05) is 47.5 Å². The van der Waals surface area contributed by atoms with Crippen molar-refractivity contribution in [1.82, 2.24) is 9.88 Å². The highest BCUT2D eigenvalue weighted by Gasteiger charge is 2.26. The molecule has 0 unspecified atom stereocenters. The number of para-hydroxylation sites is 2. The molecular formula is C18H19N4O2S+. The first-order chi connectivity index (χ1) is 12.3. The Hall–Kier alpha value is -2.54. The number of hydrogen-bond acceptors (Lipinski definition) is 5. The van der Waals surface area contributed by atoms with Gasteiger partial charge in [0.1, 0.15) is 18.6 Å². The Morgan fingerprint density at radius 3 is 2.68 bits per heavy atom. The summed E-state index contributed by atoms with van der Waals surface area (Å²) in [5, 5.41) is 0.548. The molecule has 1 amide bonds. The zero-order valence-corrected chi connectivity index (χ0v) is 14.5. The van der Waals surface area contributed by atoms with Crippen LogP contribution in [0.1, 0.15) is 0 Å². The molecule has 25 heavy (non-hydrogen) atoms. The van der Waals surface area contributed by atoms with Crippen LogP contribution in [0.15, 0.2) is 58.3 Å². The topological polar surface area (TPSA) is 63.7 Å². The van der Waals surface area contributed by atoms with Crippen LogP contribution in [0.3, 0.4) is 0 Å². The number of carbonyl (C=O) groups is 1. The summed E-state index contributed by atoms with van der Waals surface area (Å²) in [5.74, 6) is 1.57. The van der Waals surface area contributed by atoms with Gasteiger partial charge in [0.2, 0.25) is 5.91 Å². The molecule has 0 saturated carbocycles. The molecule has 0 atom stereocenters. The number of amides is 1. The van der Waals surface area contributed by atoms with E-state index in [0.717, 1.165) is 43.1 Å². The number of nitrogens with zero attached hydrogens (tertiary/aromatic N) is 3. The third kappa shape index (κ3) is 3.61. The lowest BCUT2D eigenvalue weighted by Crippen LogP contribution is -2.50. The number of anilines is 1. The van der Waals surface area contributed by atoms with Gasteiger partial charge in [-0.05, 0) is 18.2 Å². The van der Waals surface area contributed by atoms with E-state index in [0.29, 0.717) is 11.0 Å². The molecule has 1 saturated heterocycles. The molecule has 0 bridgehead atoms. The molecule has 1 N–H and O–H groups in total. The smallest absolute Gasteiger partial charge is 0.274 e. The first kappa shape index (κ1) is 16.0. The summed E-state index contributed by atoms with van der Waals surface area (Å²) in [5.41, 5.74) is 1.58. The minimum atomic E-state index is 0.129. The highest BCUT2D eigenvalue weighted by atomic mass is 32.2. The number of carbonyl (C=O) groups excluding carboxylic acids is 1. The number of nitrogens with one attached hydrogen (secondary N) is 1. The molecule has 1 aromatic carbocycles. The molecule has 0 aliphatic carbocycles. The second-order valence-corrected chi connectivity index (χ2v) is 6.78. The summed E-state index contributed by atoms with van der Waals surface area (Å²) in [6, 6.07) is 13.7. The Balaban J connectivity index is 1.30. The summed E-state index contributed by atoms with van der Waals surface area (Å²) >= 11 is 1.36. The number of H-pyrrole nitrogens is 1. The summed E-state index contributed by atoms with van der Waals surface area (Å²) in [7, 11) is 0. The van der Waals surface area contributed by atoms with Gasteiger partial charge in [0, 0.05) is 6.07 Å². The maximum atomic E-state index is 12.4. The van der Waals surface area contributed by atoms with E-state index < -0.39 is 0 Å². The van der Waals surface area contributed by atoms with Crippen LogP contribution >= 0.6 is 11.8 Å². The van der Waals surface area contributed by atoms with Crippen molar-refractivity contribution < 1.29 is 14.2 Å². The lowest BCUT2D eigenvalue weighted by molar-refractivity contribution is -0.364. The number of piperazine rings is 1. The highest BCUT2D eigenvalue weighted by Crippen LogP contribution is 2.23. The van der Waals surface area contributed by atoms with Crippen molar-refractivity contribution in [2.75, 3.05) is 36.8 Å². The van der Waals surface area contributed by atoms with E-state index in [9.17, 15) is 4.79 Å². The minimum absolute atomic E-state index is 0.129. The second kappa shape index (κ2) is 7.14. The fraction of sp³-hybridized carbons (Fsp3) is 0.278. The first-order valence-electron chi connectivity index (χ1n) is 8.27. The molecule has 1 fully saturated rings. The highest BCUT2D eigenvalue weighted by molar-refractivity contribution is 7.99. The van der Waals surface area contributed by atoms with Crippen LogP contribution in [-0.2, 0) is 4.79 Å². The van der Waals surface area contributed by atoms with Crippen molar-refractivity contribution in [3.05, 3.63) is 48.7 Å². The van der Waals surface area contributed by atoms with E-state index in [-0.39, 0.29) is 5.91 Å². The van der Waals surface area contributed by atoms with Crippen LogP contribution in [0.5, 0.6) is 0 Å². The van der Waals surface area contributed by atoms with Gasteiger partial charge in [-0.2, -0.15) is 0 Å². The van der Waals surface area contributed by atoms with Crippen LogP contribution in [0.2, 0.25) is 0 Å². The van der Waals surface area contributed by atoms with Gasteiger partial charge in [-0.1, -0.05) is 30.0 Å². The van der Waals surface area contributed by atoms with Gasteiger partial charge in [0.15, 0.2) is 5.58 Å². The molecule has 128 valence electrons. The number of fused-ring (bicyclic) bond motifs is 1. The molecular weight excluding hydrogens is 336 g/mol. The Kier molecular flexibility index (Phi) is 4.56. The zero-order valence-electron chi connectivity index (χ0n) is 13.7. The largest absolute Gasteiger partial charge is 0.431 e. The molecule has 6 nitrogen and oxygen atoms in total. The number of aromatic amines is 1. The van der Waals surface area contributed by atoms with Crippen molar-refractivity contribution in [2.24, 2.45) is 0 Å². The molecule has 4 rings (SSSR count). The molecule has 1 aliphatic heterocycles. The molecule has 1 aliphatic rings. The lowest BCUT2D eigenvalue weighted by Gasteiger charge is -2.30. The number of oxazole rings is 1. The van der Waals surface area contributed by atoms with Gasteiger partial charge >= 0.3 is 0 Å².